The lowest BCUT2D eigenvalue weighted by molar-refractivity contribution is 0.0464. The molecule has 0 radical (unpaired) electrons. The van der Waals surface area contributed by atoms with E-state index in [1.165, 1.54) is 11.8 Å². The summed E-state index contributed by atoms with van der Waals surface area (Å²) in [6.07, 6.45) is -1.11. The number of anilines is 2. The summed E-state index contributed by atoms with van der Waals surface area (Å²) in [6.45, 7) is 7.84. The van der Waals surface area contributed by atoms with Crippen LogP contribution in [0, 0.1) is 13.8 Å². The summed E-state index contributed by atoms with van der Waals surface area (Å²) in [6, 6.07) is 22.4. The van der Waals surface area contributed by atoms with Gasteiger partial charge in [-0.3, -0.25) is 10.2 Å². The normalized spacial score (nSPS) is 14.6. The molecule has 1 atom stereocenters. The molecule has 0 unspecified atom stereocenters. The van der Waals surface area contributed by atoms with Gasteiger partial charge in [-0.2, -0.15) is 0 Å². The number of fused-ring (bicyclic) bond motifs is 1. The lowest BCUT2D eigenvalue weighted by atomic mass is 10.1. The molecular weight excluding hydrogens is 530 g/mol. The number of benzene rings is 3. The van der Waals surface area contributed by atoms with Crippen LogP contribution < -0.4 is 20.6 Å². The second-order valence-corrected chi connectivity index (χ2v) is 10.4. The van der Waals surface area contributed by atoms with Crippen LogP contribution in [0.5, 0.6) is 5.75 Å². The fourth-order valence-electron chi connectivity index (χ4n) is 4.89. The lowest BCUT2D eigenvalue weighted by Crippen LogP contribution is -2.50. The van der Waals surface area contributed by atoms with Crippen molar-refractivity contribution < 1.29 is 18.7 Å². The molecule has 5 rings (SSSR count). The molecule has 1 fully saturated rings. The van der Waals surface area contributed by atoms with Crippen LogP contribution in [-0.2, 0) is 4.74 Å². The summed E-state index contributed by atoms with van der Waals surface area (Å²) >= 11 is 6.07. The van der Waals surface area contributed by atoms with E-state index in [9.17, 15) is 9.59 Å². The zero-order chi connectivity index (χ0) is 28.1. The number of halogens is 1. The van der Waals surface area contributed by atoms with Crippen LogP contribution in [0.4, 0.5) is 16.2 Å². The molecule has 1 aliphatic rings. The molecule has 0 aliphatic carbocycles. The van der Waals surface area contributed by atoms with Crippen LogP contribution in [0.3, 0.4) is 0 Å². The molecule has 0 bridgehead atoms. The number of carbonyl (C=O) groups is 1. The lowest BCUT2D eigenvalue weighted by Gasteiger charge is -2.37. The van der Waals surface area contributed by atoms with Crippen molar-refractivity contribution in [1.82, 2.24) is 4.90 Å². The molecule has 3 aromatic carbocycles. The number of aryl methyl sites for hydroxylation is 2. The van der Waals surface area contributed by atoms with E-state index in [0.717, 1.165) is 42.7 Å². The summed E-state index contributed by atoms with van der Waals surface area (Å²) in [5.41, 5.74) is 3.51. The Morgan fingerprint density at radius 3 is 2.50 bits per heavy atom. The van der Waals surface area contributed by atoms with Gasteiger partial charge in [0.05, 0.1) is 0 Å². The van der Waals surface area contributed by atoms with Crippen LogP contribution in [0.1, 0.15) is 11.1 Å². The van der Waals surface area contributed by atoms with Crippen molar-refractivity contribution in [1.29, 1.82) is 0 Å². The Hall–Kier alpha value is -4.01. The highest BCUT2D eigenvalue weighted by molar-refractivity contribution is 6.30. The molecule has 8 nitrogen and oxygen atoms in total. The van der Waals surface area contributed by atoms with Crippen molar-refractivity contribution in [2.24, 2.45) is 0 Å². The molecule has 0 saturated carbocycles. The van der Waals surface area contributed by atoms with Gasteiger partial charge in [0.2, 0.25) is 0 Å². The highest BCUT2D eigenvalue weighted by Gasteiger charge is 2.24. The molecule has 1 N–H and O–H groups in total. The van der Waals surface area contributed by atoms with E-state index in [4.69, 9.17) is 25.5 Å². The smallest absolute Gasteiger partial charge is 0.412 e. The third kappa shape index (κ3) is 6.94. The quantitative estimate of drug-likeness (QED) is 0.269. The van der Waals surface area contributed by atoms with Crippen molar-refractivity contribution in [3.05, 3.63) is 99.4 Å². The van der Waals surface area contributed by atoms with Gasteiger partial charge in [-0.1, -0.05) is 35.9 Å². The first-order valence-corrected chi connectivity index (χ1v) is 13.7. The Morgan fingerprint density at radius 2 is 1.75 bits per heavy atom. The zero-order valence-corrected chi connectivity index (χ0v) is 23.3. The maximum atomic E-state index is 12.8. The third-order valence-corrected chi connectivity index (χ3v) is 7.21. The number of piperazine rings is 1. The molecule has 1 aliphatic heterocycles. The number of hydrogen-bond acceptors (Lipinski definition) is 7. The van der Waals surface area contributed by atoms with Gasteiger partial charge in [0.25, 0.3) is 0 Å². The number of hydrogen-bond donors (Lipinski definition) is 1. The first-order valence-electron chi connectivity index (χ1n) is 13.3. The second kappa shape index (κ2) is 12.4. The molecule has 1 aromatic heterocycles. The minimum absolute atomic E-state index is 0.157. The number of nitrogens with zero attached hydrogens (tertiary/aromatic N) is 2. The average molecular weight is 562 g/mol. The fourth-order valence-corrected chi connectivity index (χ4v) is 5.08. The SMILES string of the molecule is Cc1cc2oc(=O)cc(C)c2cc1OC[C@H](CN1CCN(c2ccccc2)CC1)OC(=O)Nc1cccc(Cl)c1. The van der Waals surface area contributed by atoms with Crippen molar-refractivity contribution in [3.8, 4) is 5.75 Å². The Kier molecular flexibility index (Phi) is 8.57. The number of carbonyl (C=O) groups excluding carboxylic acids is 1. The number of nitrogens with one attached hydrogen (secondary N) is 1. The monoisotopic (exact) mass is 561 g/mol. The molecule has 208 valence electrons. The first-order chi connectivity index (χ1) is 19.3. The topological polar surface area (TPSA) is 84.2 Å². The Balaban J connectivity index is 1.28. The number of ether oxygens (including phenoxy) is 2. The van der Waals surface area contributed by atoms with Crippen LogP contribution in [0.25, 0.3) is 11.0 Å². The van der Waals surface area contributed by atoms with Gasteiger partial charge in [-0.25, -0.2) is 9.59 Å². The first kappa shape index (κ1) is 27.6. The highest BCUT2D eigenvalue weighted by Crippen LogP contribution is 2.27. The summed E-state index contributed by atoms with van der Waals surface area (Å²) in [4.78, 5) is 29.3. The molecule has 1 amide bonds. The standard InChI is InChI=1S/C31H32ClN3O5/c1-21-16-30(36)40-29-15-22(2)28(18-27(21)29)38-20-26(39-31(37)33-24-8-6-7-23(32)17-24)19-34-11-13-35(14-12-34)25-9-4-3-5-10-25/h3-10,15-18,26H,11-14,19-20H2,1-2H3,(H,33,37)/t26-/m0/s1. The van der Waals surface area contributed by atoms with Gasteiger partial charge < -0.3 is 18.8 Å². The molecular formula is C31H32ClN3O5. The van der Waals surface area contributed by atoms with Gasteiger partial charge in [0.15, 0.2) is 6.10 Å². The molecule has 2 heterocycles. The van der Waals surface area contributed by atoms with E-state index >= 15 is 0 Å². The highest BCUT2D eigenvalue weighted by atomic mass is 35.5. The van der Waals surface area contributed by atoms with Crippen molar-refractivity contribution >= 4 is 40.0 Å². The number of amides is 1. The van der Waals surface area contributed by atoms with Crippen LogP contribution in [0.15, 0.2) is 82.0 Å². The van der Waals surface area contributed by atoms with E-state index in [0.29, 0.717) is 28.6 Å². The van der Waals surface area contributed by atoms with E-state index in [-0.39, 0.29) is 12.2 Å². The van der Waals surface area contributed by atoms with E-state index in [1.807, 2.05) is 38.1 Å². The van der Waals surface area contributed by atoms with E-state index in [2.05, 4.69) is 27.2 Å². The zero-order valence-electron chi connectivity index (χ0n) is 22.6. The van der Waals surface area contributed by atoms with Crippen molar-refractivity contribution in [2.75, 3.05) is 49.5 Å². The van der Waals surface area contributed by atoms with Gasteiger partial charge in [0.1, 0.15) is 17.9 Å². The fraction of sp³-hybridized carbons (Fsp3) is 0.290. The van der Waals surface area contributed by atoms with E-state index < -0.39 is 12.2 Å². The Labute approximate surface area is 238 Å². The summed E-state index contributed by atoms with van der Waals surface area (Å²) in [7, 11) is 0. The molecule has 40 heavy (non-hydrogen) atoms. The minimum Gasteiger partial charge on any atom is -0.489 e. The summed E-state index contributed by atoms with van der Waals surface area (Å²) in [5.74, 6) is 0.641. The summed E-state index contributed by atoms with van der Waals surface area (Å²) in [5, 5.41) is 4.08. The molecule has 4 aromatic rings. The van der Waals surface area contributed by atoms with E-state index in [1.54, 1.807) is 30.3 Å². The third-order valence-electron chi connectivity index (χ3n) is 6.97. The Morgan fingerprint density at radius 1 is 0.975 bits per heavy atom. The maximum Gasteiger partial charge on any atom is 0.412 e. The molecule has 0 spiro atoms. The van der Waals surface area contributed by atoms with Crippen LogP contribution in [0.2, 0.25) is 5.02 Å². The largest absolute Gasteiger partial charge is 0.489 e. The van der Waals surface area contributed by atoms with Gasteiger partial charge in [-0.15, -0.1) is 0 Å². The van der Waals surface area contributed by atoms with Crippen LogP contribution >= 0.6 is 11.6 Å². The van der Waals surface area contributed by atoms with Gasteiger partial charge in [-0.05, 0) is 67.4 Å². The average Bonchev–Trinajstić information content (AvgIpc) is 2.92. The number of para-hydroxylation sites is 1. The predicted octanol–water partition coefficient (Wildman–Crippen LogP) is 5.88. The van der Waals surface area contributed by atoms with Crippen molar-refractivity contribution in [3.63, 3.8) is 0 Å². The number of rotatable bonds is 8. The summed E-state index contributed by atoms with van der Waals surface area (Å²) < 4.78 is 17.4. The predicted molar refractivity (Wildman–Crippen MR) is 158 cm³/mol. The Bertz CT molecular complexity index is 1530. The van der Waals surface area contributed by atoms with Gasteiger partial charge >= 0.3 is 11.7 Å². The van der Waals surface area contributed by atoms with Crippen LogP contribution in [-0.4, -0.2) is 56.4 Å². The maximum absolute atomic E-state index is 12.8. The molecule has 9 heteroatoms. The minimum atomic E-state index is -0.577. The van der Waals surface area contributed by atoms with Gasteiger partial charge in [0, 0.05) is 60.6 Å². The molecule has 1 saturated heterocycles. The second-order valence-electron chi connectivity index (χ2n) is 9.96. The van der Waals surface area contributed by atoms with Crippen molar-refractivity contribution in [2.45, 2.75) is 20.0 Å².